The molecule has 4 aromatic rings. The van der Waals surface area contributed by atoms with E-state index in [-0.39, 0.29) is 16.6 Å². The van der Waals surface area contributed by atoms with Gasteiger partial charge in [-0.05, 0) is 61.0 Å². The SMILES string of the molecule is COc1ccc(-c2nnc(NC(=O)C3CN(S(=O)(=O)c4ccccc4)c4ccc(C)cc4O3)s2)cc1. The third-order valence-electron chi connectivity index (χ3n) is 5.60. The summed E-state index contributed by atoms with van der Waals surface area (Å²) in [6.45, 7) is 1.68. The van der Waals surface area contributed by atoms with E-state index >= 15 is 0 Å². The van der Waals surface area contributed by atoms with Gasteiger partial charge in [0.2, 0.25) is 5.13 Å². The summed E-state index contributed by atoms with van der Waals surface area (Å²) in [6.07, 6.45) is -1.09. The van der Waals surface area contributed by atoms with Crippen molar-refractivity contribution in [2.24, 2.45) is 0 Å². The number of amides is 1. The van der Waals surface area contributed by atoms with Crippen molar-refractivity contribution in [3.8, 4) is 22.1 Å². The molecule has 1 unspecified atom stereocenters. The lowest BCUT2D eigenvalue weighted by molar-refractivity contribution is -0.122. The van der Waals surface area contributed by atoms with E-state index in [2.05, 4.69) is 15.5 Å². The second kappa shape index (κ2) is 9.59. The fourth-order valence-electron chi connectivity index (χ4n) is 3.75. The van der Waals surface area contributed by atoms with Crippen LogP contribution in [0.3, 0.4) is 0 Å². The molecule has 0 saturated carbocycles. The molecular weight excluding hydrogens is 500 g/mol. The third kappa shape index (κ3) is 4.62. The lowest BCUT2D eigenvalue weighted by Gasteiger charge is -2.34. The number of nitrogens with zero attached hydrogens (tertiary/aromatic N) is 3. The largest absolute Gasteiger partial charge is 0.497 e. The molecule has 1 N–H and O–H groups in total. The zero-order valence-electron chi connectivity index (χ0n) is 19.4. The summed E-state index contributed by atoms with van der Waals surface area (Å²) in [6, 6.07) is 20.6. The van der Waals surface area contributed by atoms with Gasteiger partial charge in [0.05, 0.1) is 24.2 Å². The van der Waals surface area contributed by atoms with Crippen LogP contribution >= 0.6 is 11.3 Å². The van der Waals surface area contributed by atoms with Crippen molar-refractivity contribution in [1.29, 1.82) is 0 Å². The number of anilines is 2. The van der Waals surface area contributed by atoms with Crippen LogP contribution in [-0.4, -0.2) is 44.3 Å². The van der Waals surface area contributed by atoms with Crippen molar-refractivity contribution in [3.05, 3.63) is 78.4 Å². The minimum absolute atomic E-state index is 0.130. The molecule has 184 valence electrons. The fourth-order valence-corrected chi connectivity index (χ4v) is 6.00. The molecule has 9 nitrogen and oxygen atoms in total. The van der Waals surface area contributed by atoms with Crippen molar-refractivity contribution >= 4 is 38.1 Å². The van der Waals surface area contributed by atoms with E-state index in [4.69, 9.17) is 9.47 Å². The molecule has 1 amide bonds. The number of carbonyl (C=O) groups excluding carboxylic acids is 1. The Labute approximate surface area is 212 Å². The highest BCUT2D eigenvalue weighted by Crippen LogP contribution is 2.38. The average Bonchev–Trinajstić information content (AvgIpc) is 3.36. The van der Waals surface area contributed by atoms with Crippen molar-refractivity contribution in [2.45, 2.75) is 17.9 Å². The smallest absolute Gasteiger partial charge is 0.269 e. The van der Waals surface area contributed by atoms with E-state index in [1.54, 1.807) is 43.5 Å². The van der Waals surface area contributed by atoms with Crippen LogP contribution in [0.5, 0.6) is 11.5 Å². The Morgan fingerprint density at radius 2 is 1.83 bits per heavy atom. The van der Waals surface area contributed by atoms with Gasteiger partial charge in [0.15, 0.2) is 6.10 Å². The van der Waals surface area contributed by atoms with Crippen LogP contribution in [0.25, 0.3) is 10.6 Å². The maximum Gasteiger partial charge on any atom is 0.269 e. The first-order valence-electron chi connectivity index (χ1n) is 11.0. The number of fused-ring (bicyclic) bond motifs is 1. The van der Waals surface area contributed by atoms with Crippen LogP contribution in [0, 0.1) is 6.92 Å². The van der Waals surface area contributed by atoms with Crippen molar-refractivity contribution in [1.82, 2.24) is 10.2 Å². The number of carbonyl (C=O) groups is 1. The topological polar surface area (TPSA) is 111 Å². The van der Waals surface area contributed by atoms with Crippen molar-refractivity contribution in [2.75, 3.05) is 23.3 Å². The Bertz CT molecular complexity index is 1510. The summed E-state index contributed by atoms with van der Waals surface area (Å²) in [5, 5.41) is 11.8. The normalized spacial score (nSPS) is 15.1. The molecule has 1 aliphatic heterocycles. The predicted octanol–water partition coefficient (Wildman–Crippen LogP) is 4.12. The molecule has 2 heterocycles. The van der Waals surface area contributed by atoms with Gasteiger partial charge in [-0.2, -0.15) is 0 Å². The first kappa shape index (κ1) is 23.8. The van der Waals surface area contributed by atoms with Gasteiger partial charge >= 0.3 is 0 Å². The number of aryl methyl sites for hydroxylation is 1. The van der Waals surface area contributed by atoms with Crippen LogP contribution in [0.15, 0.2) is 77.7 Å². The van der Waals surface area contributed by atoms with E-state index in [1.807, 2.05) is 31.2 Å². The van der Waals surface area contributed by atoms with Gasteiger partial charge in [-0.3, -0.25) is 14.4 Å². The number of rotatable bonds is 6. The molecule has 0 radical (unpaired) electrons. The molecule has 1 atom stereocenters. The zero-order chi connectivity index (χ0) is 25.3. The number of hydrogen-bond donors (Lipinski definition) is 1. The Morgan fingerprint density at radius 3 is 2.56 bits per heavy atom. The molecule has 1 aliphatic rings. The van der Waals surface area contributed by atoms with Gasteiger partial charge in [0, 0.05) is 5.56 Å². The van der Waals surface area contributed by atoms with Crippen LogP contribution in [0.2, 0.25) is 0 Å². The molecular formula is C25H22N4O5S2. The minimum Gasteiger partial charge on any atom is -0.497 e. The van der Waals surface area contributed by atoms with Gasteiger partial charge in [-0.15, -0.1) is 10.2 Å². The highest BCUT2D eigenvalue weighted by atomic mass is 32.2. The van der Waals surface area contributed by atoms with E-state index < -0.39 is 22.0 Å². The summed E-state index contributed by atoms with van der Waals surface area (Å²) in [4.78, 5) is 13.3. The van der Waals surface area contributed by atoms with Crippen LogP contribution in [-0.2, 0) is 14.8 Å². The first-order chi connectivity index (χ1) is 17.3. The monoisotopic (exact) mass is 522 g/mol. The molecule has 3 aromatic carbocycles. The number of ether oxygens (including phenoxy) is 2. The van der Waals surface area contributed by atoms with Gasteiger partial charge in [-0.1, -0.05) is 35.6 Å². The number of methoxy groups -OCH3 is 1. The first-order valence-corrected chi connectivity index (χ1v) is 13.2. The fraction of sp³-hybridized carbons (Fsp3) is 0.160. The summed E-state index contributed by atoms with van der Waals surface area (Å²) in [7, 11) is -2.34. The van der Waals surface area contributed by atoms with E-state index in [0.717, 1.165) is 16.9 Å². The maximum absolute atomic E-state index is 13.5. The van der Waals surface area contributed by atoms with Gasteiger partial charge in [0.1, 0.15) is 16.5 Å². The van der Waals surface area contributed by atoms with Gasteiger partial charge < -0.3 is 9.47 Å². The molecule has 36 heavy (non-hydrogen) atoms. The predicted molar refractivity (Wildman–Crippen MR) is 137 cm³/mol. The van der Waals surface area contributed by atoms with E-state index in [9.17, 15) is 13.2 Å². The second-order valence-corrected chi connectivity index (χ2v) is 10.9. The average molecular weight is 523 g/mol. The van der Waals surface area contributed by atoms with Gasteiger partial charge in [0.25, 0.3) is 15.9 Å². The number of aromatic nitrogens is 2. The molecule has 5 rings (SSSR count). The number of hydrogen-bond acceptors (Lipinski definition) is 8. The summed E-state index contributed by atoms with van der Waals surface area (Å²) < 4.78 is 39.3. The second-order valence-electron chi connectivity index (χ2n) is 8.06. The molecule has 11 heteroatoms. The van der Waals surface area contributed by atoms with E-state index in [1.165, 1.54) is 27.8 Å². The van der Waals surface area contributed by atoms with Crippen molar-refractivity contribution < 1.29 is 22.7 Å². The zero-order valence-corrected chi connectivity index (χ0v) is 21.0. The standard InChI is InChI=1S/C25H22N4O5S2/c1-16-8-13-20-21(14-16)34-22(15-29(20)36(31,32)19-6-4-3-5-7-19)23(30)26-25-28-27-24(35-25)17-9-11-18(33-2)12-10-17/h3-14,22H,15H2,1-2H3,(H,26,28,30). The highest BCUT2D eigenvalue weighted by Gasteiger charge is 2.38. The van der Waals surface area contributed by atoms with E-state index in [0.29, 0.717) is 16.4 Å². The molecule has 0 saturated heterocycles. The molecule has 0 bridgehead atoms. The molecule has 0 aliphatic carbocycles. The third-order valence-corrected chi connectivity index (χ3v) is 8.28. The van der Waals surface area contributed by atoms with Crippen LogP contribution in [0.4, 0.5) is 10.8 Å². The lowest BCUT2D eigenvalue weighted by atomic mass is 10.1. The summed E-state index contributed by atoms with van der Waals surface area (Å²) >= 11 is 1.20. The Hall–Kier alpha value is -3.96. The quantitative estimate of drug-likeness (QED) is 0.406. The summed E-state index contributed by atoms with van der Waals surface area (Å²) in [5.41, 5.74) is 2.08. The maximum atomic E-state index is 13.5. The Kier molecular flexibility index (Phi) is 6.33. The van der Waals surface area contributed by atoms with Crippen LogP contribution < -0.4 is 19.1 Å². The minimum atomic E-state index is -3.93. The number of sulfonamides is 1. The molecule has 0 fully saturated rings. The highest BCUT2D eigenvalue weighted by molar-refractivity contribution is 7.92. The van der Waals surface area contributed by atoms with Crippen molar-refractivity contribution in [3.63, 3.8) is 0 Å². The number of nitrogens with one attached hydrogen (secondary N) is 1. The molecule has 0 spiro atoms. The summed E-state index contributed by atoms with van der Waals surface area (Å²) in [5.74, 6) is 0.515. The molecule has 1 aromatic heterocycles. The Morgan fingerprint density at radius 1 is 1.08 bits per heavy atom. The van der Waals surface area contributed by atoms with Gasteiger partial charge in [-0.25, -0.2) is 8.42 Å². The number of benzene rings is 3. The lowest BCUT2D eigenvalue weighted by Crippen LogP contribution is -2.48. The Balaban J connectivity index is 1.40. The van der Waals surface area contributed by atoms with Crippen LogP contribution in [0.1, 0.15) is 5.56 Å².